The fraction of sp³-hybridized carbons (Fsp3) is 0.231. The van der Waals surface area contributed by atoms with Crippen LogP contribution in [0.5, 0.6) is 0 Å². The monoisotopic (exact) mass is 295 g/mol. The van der Waals surface area contributed by atoms with Gasteiger partial charge in [-0.15, -0.1) is 0 Å². The lowest BCUT2D eigenvalue weighted by Gasteiger charge is -2.03. The van der Waals surface area contributed by atoms with Crippen LogP contribution < -0.4 is 0 Å². The summed E-state index contributed by atoms with van der Waals surface area (Å²) in [6, 6.07) is 6.56. The van der Waals surface area contributed by atoms with Gasteiger partial charge < -0.3 is 5.11 Å². The molecular weight excluding hydrogens is 282 g/mol. The van der Waals surface area contributed by atoms with E-state index >= 15 is 0 Å². The third kappa shape index (κ3) is 3.82. The highest BCUT2D eigenvalue weighted by molar-refractivity contribution is 9.10. The molecular formula is C13H14BrNO2. The Hall–Kier alpha value is -1.42. The van der Waals surface area contributed by atoms with Crippen molar-refractivity contribution in [3.8, 4) is 0 Å². The summed E-state index contributed by atoms with van der Waals surface area (Å²) in [4.78, 5) is 12.5. The number of halogens is 1. The first kappa shape index (κ1) is 13.6. The van der Waals surface area contributed by atoms with Crippen molar-refractivity contribution >= 4 is 33.2 Å². The van der Waals surface area contributed by atoms with E-state index in [2.05, 4.69) is 46.0 Å². The van der Waals surface area contributed by atoms with Gasteiger partial charge in [0.1, 0.15) is 0 Å². The number of hydrogen-bond donors (Lipinski definition) is 1. The average Bonchev–Trinajstić information content (AvgIpc) is 2.32. The van der Waals surface area contributed by atoms with Crippen LogP contribution in [0.2, 0.25) is 0 Å². The maximum atomic E-state index is 8.36. The van der Waals surface area contributed by atoms with Gasteiger partial charge in [-0.05, 0) is 39.4 Å². The molecule has 4 heteroatoms. The van der Waals surface area contributed by atoms with Gasteiger partial charge in [-0.25, -0.2) is 0 Å². The normalized spacial score (nSPS) is 9.53. The van der Waals surface area contributed by atoms with Gasteiger partial charge in [0.25, 0.3) is 6.47 Å². The van der Waals surface area contributed by atoms with E-state index in [0.29, 0.717) is 0 Å². The minimum Gasteiger partial charge on any atom is -0.483 e. The lowest BCUT2D eigenvalue weighted by Crippen LogP contribution is -1.84. The van der Waals surface area contributed by atoms with Gasteiger partial charge in [0.05, 0.1) is 0 Å². The van der Waals surface area contributed by atoms with E-state index in [1.54, 1.807) is 0 Å². The molecule has 2 rings (SSSR count). The molecule has 1 aromatic heterocycles. The first-order chi connectivity index (χ1) is 8.22. The van der Waals surface area contributed by atoms with Crippen molar-refractivity contribution in [1.82, 2.24) is 4.98 Å². The van der Waals surface area contributed by atoms with E-state index in [9.17, 15) is 0 Å². The van der Waals surface area contributed by atoms with Gasteiger partial charge in [-0.2, -0.15) is 0 Å². The molecule has 2 aromatic rings. The van der Waals surface area contributed by atoms with E-state index in [4.69, 9.17) is 9.90 Å². The molecule has 0 saturated carbocycles. The summed E-state index contributed by atoms with van der Waals surface area (Å²) in [6.45, 7) is 1.95. The average molecular weight is 296 g/mol. The highest BCUT2D eigenvalue weighted by Gasteiger charge is 1.99. The second-order valence-corrected chi connectivity index (χ2v) is 4.39. The topological polar surface area (TPSA) is 50.2 Å². The number of aromatic nitrogens is 1. The van der Waals surface area contributed by atoms with Crippen molar-refractivity contribution in [1.29, 1.82) is 0 Å². The molecule has 90 valence electrons. The summed E-state index contributed by atoms with van der Waals surface area (Å²) < 4.78 is 1.08. The molecule has 0 amide bonds. The second kappa shape index (κ2) is 7.01. The third-order valence-corrected chi connectivity index (χ3v) is 2.95. The third-order valence-electron chi connectivity index (χ3n) is 2.32. The van der Waals surface area contributed by atoms with Gasteiger partial charge >= 0.3 is 0 Å². The van der Waals surface area contributed by atoms with E-state index in [-0.39, 0.29) is 6.47 Å². The minimum absolute atomic E-state index is 0.250. The number of nitrogens with zero attached hydrogens (tertiary/aromatic N) is 1. The minimum atomic E-state index is -0.250. The quantitative estimate of drug-likeness (QED) is 0.861. The molecule has 0 bridgehead atoms. The van der Waals surface area contributed by atoms with Crippen molar-refractivity contribution in [2.75, 3.05) is 0 Å². The smallest absolute Gasteiger partial charge is 0.290 e. The summed E-state index contributed by atoms with van der Waals surface area (Å²) in [7, 11) is 0. The second-order valence-electron chi connectivity index (χ2n) is 3.53. The van der Waals surface area contributed by atoms with Gasteiger partial charge in [-0.1, -0.05) is 25.5 Å². The van der Waals surface area contributed by atoms with Crippen molar-refractivity contribution in [3.63, 3.8) is 0 Å². The Balaban J connectivity index is 0.000000437. The summed E-state index contributed by atoms with van der Waals surface area (Å²) in [5, 5.41) is 9.34. The van der Waals surface area contributed by atoms with Crippen LogP contribution in [0, 0.1) is 0 Å². The van der Waals surface area contributed by atoms with Gasteiger partial charge in [0.15, 0.2) is 0 Å². The highest BCUT2D eigenvalue weighted by Crippen LogP contribution is 2.23. The van der Waals surface area contributed by atoms with Crippen molar-refractivity contribution in [2.45, 2.75) is 19.8 Å². The van der Waals surface area contributed by atoms with E-state index < -0.39 is 0 Å². The molecule has 0 unspecified atom stereocenters. The number of fused-ring (bicyclic) bond motifs is 1. The highest BCUT2D eigenvalue weighted by atomic mass is 79.9. The van der Waals surface area contributed by atoms with Gasteiger partial charge in [-0.3, -0.25) is 9.78 Å². The number of hydrogen-bond acceptors (Lipinski definition) is 2. The van der Waals surface area contributed by atoms with Crippen molar-refractivity contribution < 1.29 is 9.90 Å². The molecule has 0 radical (unpaired) electrons. The number of carboxylic acid groups (broad SMARTS) is 1. The number of carbonyl (C=O) groups is 1. The molecule has 3 nitrogen and oxygen atoms in total. The standard InChI is InChI=1S/C12H12BrN.CH2O2/c1-2-3-9-4-5-10-7-14-8-12(13)11(10)6-9;2-1-3/h4-8H,2-3H2,1H3;1H,(H,2,3). The Morgan fingerprint density at radius 3 is 2.76 bits per heavy atom. The summed E-state index contributed by atoms with van der Waals surface area (Å²) in [5.74, 6) is 0. The predicted molar refractivity (Wildman–Crippen MR) is 72.1 cm³/mol. The molecule has 0 spiro atoms. The maximum absolute atomic E-state index is 8.36. The summed E-state index contributed by atoms with van der Waals surface area (Å²) in [6.07, 6.45) is 6.08. The fourth-order valence-electron chi connectivity index (χ4n) is 1.62. The molecule has 0 fully saturated rings. The number of aryl methyl sites for hydroxylation is 1. The zero-order valence-corrected chi connectivity index (χ0v) is 11.1. The Kier molecular flexibility index (Phi) is 5.63. The van der Waals surface area contributed by atoms with Crippen LogP contribution >= 0.6 is 15.9 Å². The molecule has 17 heavy (non-hydrogen) atoms. The molecule has 1 heterocycles. The molecule has 1 N–H and O–H groups in total. The van der Waals surface area contributed by atoms with E-state index in [1.165, 1.54) is 22.8 Å². The lowest BCUT2D eigenvalue weighted by molar-refractivity contribution is -0.122. The fourth-order valence-corrected chi connectivity index (χ4v) is 2.08. The number of pyridine rings is 1. The molecule has 0 atom stereocenters. The first-order valence-electron chi connectivity index (χ1n) is 5.33. The van der Waals surface area contributed by atoms with E-state index in [0.717, 1.165) is 10.9 Å². The summed E-state index contributed by atoms with van der Waals surface area (Å²) >= 11 is 3.52. The van der Waals surface area contributed by atoms with Crippen molar-refractivity contribution in [3.05, 3.63) is 40.6 Å². The zero-order valence-electron chi connectivity index (χ0n) is 9.56. The van der Waals surface area contributed by atoms with E-state index in [1.807, 2.05) is 12.4 Å². The van der Waals surface area contributed by atoms with Crippen LogP contribution in [0.4, 0.5) is 0 Å². The molecule has 0 aliphatic carbocycles. The Morgan fingerprint density at radius 2 is 2.12 bits per heavy atom. The van der Waals surface area contributed by atoms with Crippen LogP contribution in [0.15, 0.2) is 35.1 Å². The maximum Gasteiger partial charge on any atom is 0.290 e. The summed E-state index contributed by atoms with van der Waals surface area (Å²) in [5.41, 5.74) is 1.40. The van der Waals surface area contributed by atoms with Crippen LogP contribution in [0.1, 0.15) is 18.9 Å². The largest absolute Gasteiger partial charge is 0.483 e. The Labute approximate surface area is 109 Å². The molecule has 1 aromatic carbocycles. The zero-order chi connectivity index (χ0) is 12.7. The van der Waals surface area contributed by atoms with Crippen LogP contribution in [0.3, 0.4) is 0 Å². The molecule has 0 aliphatic rings. The Morgan fingerprint density at radius 1 is 1.41 bits per heavy atom. The first-order valence-corrected chi connectivity index (χ1v) is 6.12. The van der Waals surface area contributed by atoms with Crippen LogP contribution in [0.25, 0.3) is 10.8 Å². The SMILES string of the molecule is CCCc1ccc2cncc(Br)c2c1.O=CO. The molecule has 0 saturated heterocycles. The van der Waals surface area contributed by atoms with Crippen molar-refractivity contribution in [2.24, 2.45) is 0 Å². The number of rotatable bonds is 2. The predicted octanol–water partition coefficient (Wildman–Crippen LogP) is 3.65. The van der Waals surface area contributed by atoms with Gasteiger partial charge in [0.2, 0.25) is 0 Å². The van der Waals surface area contributed by atoms with Crippen LogP contribution in [-0.4, -0.2) is 16.6 Å². The number of benzene rings is 1. The Bertz CT molecular complexity index is 500. The lowest BCUT2D eigenvalue weighted by atomic mass is 10.1. The van der Waals surface area contributed by atoms with Gasteiger partial charge in [0, 0.05) is 22.3 Å². The van der Waals surface area contributed by atoms with Crippen LogP contribution in [-0.2, 0) is 11.2 Å². The molecule has 0 aliphatic heterocycles.